The highest BCUT2D eigenvalue weighted by Crippen LogP contribution is 2.34. The number of aromatic nitrogens is 2. The second-order valence-corrected chi connectivity index (χ2v) is 6.56. The molecule has 0 atom stereocenters. The number of hydrogen-bond acceptors (Lipinski definition) is 6. The quantitative estimate of drug-likeness (QED) is 0.862. The SMILES string of the molecule is O=C(Nc1ccc2c(c1)OCO2)C1CCN(c2nccc(C(F)(F)F)n2)CC1. The number of benzene rings is 1. The van der Waals surface area contributed by atoms with E-state index < -0.39 is 11.9 Å². The fourth-order valence-electron chi connectivity index (χ4n) is 3.22. The Kier molecular flexibility index (Phi) is 4.70. The van der Waals surface area contributed by atoms with Crippen LogP contribution >= 0.6 is 0 Å². The van der Waals surface area contributed by atoms with E-state index in [0.717, 1.165) is 12.3 Å². The Morgan fingerprint density at radius 3 is 2.64 bits per heavy atom. The second kappa shape index (κ2) is 7.17. The number of hydrogen-bond donors (Lipinski definition) is 1. The highest BCUT2D eigenvalue weighted by Gasteiger charge is 2.34. The molecule has 0 spiro atoms. The van der Waals surface area contributed by atoms with Crippen molar-refractivity contribution in [3.8, 4) is 11.5 Å². The van der Waals surface area contributed by atoms with Crippen LogP contribution in [0.5, 0.6) is 11.5 Å². The highest BCUT2D eigenvalue weighted by molar-refractivity contribution is 5.93. The van der Waals surface area contributed by atoms with Gasteiger partial charge in [0.05, 0.1) is 0 Å². The van der Waals surface area contributed by atoms with Crippen molar-refractivity contribution in [3.05, 3.63) is 36.2 Å². The fourth-order valence-corrected chi connectivity index (χ4v) is 3.22. The van der Waals surface area contributed by atoms with Gasteiger partial charge in [-0.1, -0.05) is 0 Å². The van der Waals surface area contributed by atoms with E-state index in [1.807, 2.05) is 0 Å². The molecule has 7 nitrogen and oxygen atoms in total. The van der Waals surface area contributed by atoms with Gasteiger partial charge >= 0.3 is 6.18 Å². The van der Waals surface area contributed by atoms with Crippen molar-refractivity contribution in [1.82, 2.24) is 9.97 Å². The summed E-state index contributed by atoms with van der Waals surface area (Å²) in [7, 11) is 0. The highest BCUT2D eigenvalue weighted by atomic mass is 19.4. The number of carbonyl (C=O) groups excluding carboxylic acids is 1. The minimum absolute atomic E-state index is 0.0319. The van der Waals surface area contributed by atoms with Crippen molar-refractivity contribution in [3.63, 3.8) is 0 Å². The molecule has 1 aromatic carbocycles. The van der Waals surface area contributed by atoms with Gasteiger partial charge in [0.2, 0.25) is 18.6 Å². The van der Waals surface area contributed by atoms with E-state index >= 15 is 0 Å². The first-order valence-electron chi connectivity index (χ1n) is 8.76. The first-order valence-corrected chi connectivity index (χ1v) is 8.76. The third kappa shape index (κ3) is 3.80. The predicted molar refractivity (Wildman–Crippen MR) is 93.2 cm³/mol. The molecule has 1 fully saturated rings. The second-order valence-electron chi connectivity index (χ2n) is 6.56. The van der Waals surface area contributed by atoms with Crippen LogP contribution in [0, 0.1) is 5.92 Å². The number of halogens is 3. The number of amides is 1. The van der Waals surface area contributed by atoms with Crippen LogP contribution in [-0.4, -0.2) is 35.8 Å². The molecule has 4 rings (SSSR count). The van der Waals surface area contributed by atoms with Crippen LogP contribution in [0.2, 0.25) is 0 Å². The van der Waals surface area contributed by atoms with E-state index in [4.69, 9.17) is 9.47 Å². The number of alkyl halides is 3. The molecule has 0 aliphatic carbocycles. The maximum Gasteiger partial charge on any atom is 0.433 e. The molecule has 0 radical (unpaired) electrons. The zero-order valence-electron chi connectivity index (χ0n) is 14.7. The molecule has 2 aromatic rings. The number of anilines is 2. The zero-order valence-corrected chi connectivity index (χ0v) is 14.7. The molecule has 2 aliphatic heterocycles. The summed E-state index contributed by atoms with van der Waals surface area (Å²) in [6, 6.07) is 6.00. The summed E-state index contributed by atoms with van der Waals surface area (Å²) in [5, 5.41) is 2.85. The third-order valence-electron chi connectivity index (χ3n) is 4.72. The van der Waals surface area contributed by atoms with Crippen LogP contribution in [-0.2, 0) is 11.0 Å². The standard InChI is InChI=1S/C18H17F3N4O3/c19-18(20,21)15-3-6-22-17(24-15)25-7-4-11(5-8-25)16(26)23-12-1-2-13-14(9-12)28-10-27-13/h1-3,6,9,11H,4-5,7-8,10H2,(H,23,26). The van der Waals surface area contributed by atoms with Crippen molar-refractivity contribution in [2.75, 3.05) is 30.1 Å². The molecule has 0 saturated carbocycles. The summed E-state index contributed by atoms with van der Waals surface area (Å²) in [5.41, 5.74) is -0.363. The summed E-state index contributed by atoms with van der Waals surface area (Å²) < 4.78 is 49.0. The van der Waals surface area contributed by atoms with Crippen LogP contribution < -0.4 is 19.7 Å². The Morgan fingerprint density at radius 1 is 1.14 bits per heavy atom. The van der Waals surface area contributed by atoms with E-state index in [9.17, 15) is 18.0 Å². The number of nitrogens with zero attached hydrogens (tertiary/aromatic N) is 3. The van der Waals surface area contributed by atoms with Crippen LogP contribution in [0.4, 0.5) is 24.8 Å². The molecule has 1 amide bonds. The van der Waals surface area contributed by atoms with Gasteiger partial charge in [0.1, 0.15) is 5.69 Å². The van der Waals surface area contributed by atoms with Gasteiger partial charge in [-0.15, -0.1) is 0 Å². The first kappa shape index (κ1) is 18.3. The largest absolute Gasteiger partial charge is 0.454 e. The third-order valence-corrected chi connectivity index (χ3v) is 4.72. The molecule has 2 aliphatic rings. The molecule has 1 aromatic heterocycles. The molecular formula is C18H17F3N4O3. The van der Waals surface area contributed by atoms with Gasteiger partial charge in [-0.05, 0) is 31.0 Å². The van der Waals surface area contributed by atoms with Gasteiger partial charge in [-0.3, -0.25) is 4.79 Å². The molecule has 10 heteroatoms. The topological polar surface area (TPSA) is 76.6 Å². The normalized spacial score (nSPS) is 16.9. The summed E-state index contributed by atoms with van der Waals surface area (Å²) >= 11 is 0. The Hall–Kier alpha value is -3.04. The van der Waals surface area contributed by atoms with Crippen LogP contribution in [0.15, 0.2) is 30.5 Å². The molecule has 0 bridgehead atoms. The summed E-state index contributed by atoms with van der Waals surface area (Å²) in [4.78, 5) is 21.7. The molecule has 1 saturated heterocycles. The van der Waals surface area contributed by atoms with Gasteiger partial charge in [0.25, 0.3) is 0 Å². The number of fused-ring (bicyclic) bond motifs is 1. The van der Waals surface area contributed by atoms with Gasteiger partial charge in [-0.2, -0.15) is 13.2 Å². The average Bonchev–Trinajstić information content (AvgIpc) is 3.15. The van der Waals surface area contributed by atoms with Crippen molar-refractivity contribution in [1.29, 1.82) is 0 Å². The number of rotatable bonds is 3. The Balaban J connectivity index is 1.36. The van der Waals surface area contributed by atoms with Crippen molar-refractivity contribution in [2.45, 2.75) is 19.0 Å². The molecule has 0 unspecified atom stereocenters. The lowest BCUT2D eigenvalue weighted by Gasteiger charge is -2.31. The Labute approximate surface area is 158 Å². The van der Waals surface area contributed by atoms with E-state index in [-0.39, 0.29) is 24.6 Å². The van der Waals surface area contributed by atoms with E-state index in [0.29, 0.717) is 43.1 Å². The summed E-state index contributed by atoms with van der Waals surface area (Å²) in [6.45, 7) is 0.962. The minimum atomic E-state index is -4.51. The number of carbonyl (C=O) groups is 1. The van der Waals surface area contributed by atoms with Gasteiger partial charge < -0.3 is 19.7 Å². The lowest BCUT2D eigenvalue weighted by molar-refractivity contribution is -0.141. The number of ether oxygens (including phenoxy) is 2. The minimum Gasteiger partial charge on any atom is -0.454 e. The van der Waals surface area contributed by atoms with Gasteiger partial charge in [-0.25, -0.2) is 9.97 Å². The molecular weight excluding hydrogens is 377 g/mol. The van der Waals surface area contributed by atoms with E-state index in [1.54, 1.807) is 23.1 Å². The smallest absolute Gasteiger partial charge is 0.433 e. The zero-order chi connectivity index (χ0) is 19.7. The van der Waals surface area contributed by atoms with Crippen molar-refractivity contribution >= 4 is 17.5 Å². The molecule has 1 N–H and O–H groups in total. The van der Waals surface area contributed by atoms with Gasteiger partial charge in [0, 0.05) is 37.0 Å². The molecule has 28 heavy (non-hydrogen) atoms. The maximum absolute atomic E-state index is 12.8. The summed E-state index contributed by atoms with van der Waals surface area (Å²) in [6.07, 6.45) is -2.42. The van der Waals surface area contributed by atoms with Crippen molar-refractivity contribution < 1.29 is 27.4 Å². The number of nitrogens with one attached hydrogen (secondary N) is 1. The lowest BCUT2D eigenvalue weighted by atomic mass is 9.96. The van der Waals surface area contributed by atoms with Crippen LogP contribution in [0.25, 0.3) is 0 Å². The Morgan fingerprint density at radius 2 is 1.89 bits per heavy atom. The van der Waals surface area contributed by atoms with Crippen LogP contribution in [0.3, 0.4) is 0 Å². The van der Waals surface area contributed by atoms with Crippen LogP contribution in [0.1, 0.15) is 18.5 Å². The predicted octanol–water partition coefficient (Wildman–Crippen LogP) is 3.08. The molecule has 148 valence electrons. The average molecular weight is 394 g/mol. The Bertz CT molecular complexity index is 883. The fraction of sp³-hybridized carbons (Fsp3) is 0.389. The van der Waals surface area contributed by atoms with E-state index in [2.05, 4.69) is 15.3 Å². The lowest BCUT2D eigenvalue weighted by Crippen LogP contribution is -2.39. The first-order chi connectivity index (χ1) is 13.4. The summed E-state index contributed by atoms with van der Waals surface area (Å²) in [5.74, 6) is 0.863. The number of piperidine rings is 1. The van der Waals surface area contributed by atoms with E-state index in [1.165, 1.54) is 0 Å². The maximum atomic E-state index is 12.8. The van der Waals surface area contributed by atoms with Gasteiger partial charge in [0.15, 0.2) is 11.5 Å². The molecule has 3 heterocycles. The van der Waals surface area contributed by atoms with Crippen molar-refractivity contribution in [2.24, 2.45) is 5.92 Å². The monoisotopic (exact) mass is 394 g/mol.